The van der Waals surface area contributed by atoms with Gasteiger partial charge in [0.1, 0.15) is 12.0 Å². The van der Waals surface area contributed by atoms with Crippen LogP contribution in [-0.2, 0) is 14.3 Å². The molecule has 6 nitrogen and oxygen atoms in total. The maximum absolute atomic E-state index is 13.7. The number of nitrogens with one attached hydrogen (secondary N) is 1. The highest BCUT2D eigenvalue weighted by molar-refractivity contribution is 6.45. The van der Waals surface area contributed by atoms with Crippen molar-refractivity contribution in [2.24, 2.45) is 5.92 Å². The first kappa shape index (κ1) is 22.5. The minimum Gasteiger partial charge on any atom is -0.453 e. The number of benzene rings is 4. The normalized spacial score (nSPS) is 15.2. The fourth-order valence-corrected chi connectivity index (χ4v) is 4.43. The number of Topliss-reactive ketones (excluding diaryl/α,β-unsaturated/α-hetero) is 2. The smallest absolute Gasteiger partial charge is 0.339 e. The van der Waals surface area contributed by atoms with E-state index in [0.29, 0.717) is 16.3 Å². The number of fused-ring (bicyclic) bond motifs is 2. The summed E-state index contributed by atoms with van der Waals surface area (Å²) in [6.45, 7) is 0. The lowest BCUT2D eigenvalue weighted by molar-refractivity contribution is -0.138. The number of anilines is 1. The number of hydrogen-bond donors (Lipinski definition) is 1. The average Bonchev–Trinajstić information content (AvgIpc) is 3.20. The van der Waals surface area contributed by atoms with Crippen molar-refractivity contribution in [2.75, 3.05) is 5.32 Å². The summed E-state index contributed by atoms with van der Waals surface area (Å²) < 4.78 is 5.48. The van der Waals surface area contributed by atoms with Gasteiger partial charge in [-0.15, -0.1) is 0 Å². The van der Waals surface area contributed by atoms with E-state index in [1.54, 1.807) is 60.7 Å². The van der Waals surface area contributed by atoms with Gasteiger partial charge in [-0.05, 0) is 41.1 Å². The van der Waals surface area contributed by atoms with Gasteiger partial charge < -0.3 is 10.1 Å². The van der Waals surface area contributed by atoms with Crippen LogP contribution in [0.4, 0.5) is 5.69 Å². The van der Waals surface area contributed by atoms with E-state index >= 15 is 0 Å². The molecule has 0 bridgehead atoms. The lowest BCUT2D eigenvalue weighted by atomic mass is 9.84. The average molecular weight is 484 g/mol. The Bertz CT molecular complexity index is 1510. The molecule has 7 heteroatoms. The largest absolute Gasteiger partial charge is 0.453 e. The van der Waals surface area contributed by atoms with Crippen molar-refractivity contribution in [1.29, 1.82) is 0 Å². The van der Waals surface area contributed by atoms with Crippen LogP contribution >= 0.6 is 11.6 Å². The molecule has 0 spiro atoms. The molecule has 1 N–H and O–H groups in total. The van der Waals surface area contributed by atoms with Crippen LogP contribution in [0.5, 0.6) is 0 Å². The Labute approximate surface area is 205 Å². The van der Waals surface area contributed by atoms with Crippen molar-refractivity contribution in [3.8, 4) is 0 Å². The zero-order chi connectivity index (χ0) is 24.5. The van der Waals surface area contributed by atoms with E-state index < -0.39 is 35.5 Å². The van der Waals surface area contributed by atoms with Crippen LogP contribution in [0.15, 0.2) is 91.0 Å². The predicted octanol–water partition coefficient (Wildman–Crippen LogP) is 5.41. The first-order valence-corrected chi connectivity index (χ1v) is 11.2. The predicted molar refractivity (Wildman–Crippen MR) is 131 cm³/mol. The second-order valence-corrected chi connectivity index (χ2v) is 8.58. The van der Waals surface area contributed by atoms with E-state index in [1.807, 2.05) is 24.3 Å². The molecule has 4 aromatic rings. The summed E-state index contributed by atoms with van der Waals surface area (Å²) in [7, 11) is 0. The second-order valence-electron chi connectivity index (χ2n) is 8.15. The summed E-state index contributed by atoms with van der Waals surface area (Å²) >= 11 is 5.98. The number of carbonyl (C=O) groups is 4. The van der Waals surface area contributed by atoms with Crippen LogP contribution in [0.2, 0.25) is 5.02 Å². The molecule has 1 aliphatic heterocycles. The molecule has 172 valence electrons. The van der Waals surface area contributed by atoms with Gasteiger partial charge in [-0.3, -0.25) is 14.4 Å². The van der Waals surface area contributed by atoms with E-state index in [9.17, 15) is 19.2 Å². The maximum Gasteiger partial charge on any atom is 0.339 e. The van der Waals surface area contributed by atoms with Crippen molar-refractivity contribution in [1.82, 2.24) is 0 Å². The van der Waals surface area contributed by atoms with Crippen LogP contribution in [-0.4, -0.2) is 23.4 Å². The standard InChI is InChI=1S/C28H18ClNO5/c29-19-8-5-9-20(15-19)30-27(33)25(32)23(26-21-10-3-4-11-22(21)28(34)35-26)24(31)18-13-12-16-6-1-2-7-17(16)14-18/h1-15,23,26H,(H,30,33)/t23-,26-/m0/s1. The van der Waals surface area contributed by atoms with Crippen molar-refractivity contribution < 1.29 is 23.9 Å². The SMILES string of the molecule is O=C(Nc1cccc(Cl)c1)C(=O)[C@H](C(=O)c1ccc2ccccc2c1)[C@H]1OC(=O)c2ccccc21. The zero-order valence-corrected chi connectivity index (χ0v) is 19.0. The van der Waals surface area contributed by atoms with E-state index in [1.165, 1.54) is 6.07 Å². The summed E-state index contributed by atoms with van der Waals surface area (Å²) in [5, 5.41) is 4.59. The van der Waals surface area contributed by atoms with E-state index in [-0.39, 0.29) is 11.1 Å². The molecule has 0 radical (unpaired) electrons. The molecule has 1 aliphatic rings. The van der Waals surface area contributed by atoms with Crippen LogP contribution < -0.4 is 5.32 Å². The lowest BCUT2D eigenvalue weighted by Crippen LogP contribution is -2.38. The van der Waals surface area contributed by atoms with Crippen molar-refractivity contribution >= 4 is 51.5 Å². The summed E-state index contributed by atoms with van der Waals surface area (Å²) in [6, 6.07) is 25.3. The Kier molecular flexibility index (Phi) is 5.89. The molecule has 0 fully saturated rings. The fourth-order valence-electron chi connectivity index (χ4n) is 4.24. The highest BCUT2D eigenvalue weighted by Crippen LogP contribution is 2.38. The Hall–Kier alpha value is -4.29. The highest BCUT2D eigenvalue weighted by atomic mass is 35.5. The molecule has 4 aromatic carbocycles. The van der Waals surface area contributed by atoms with Crippen LogP contribution in [0.25, 0.3) is 10.8 Å². The van der Waals surface area contributed by atoms with Gasteiger partial charge >= 0.3 is 5.97 Å². The molecule has 1 heterocycles. The van der Waals surface area contributed by atoms with Crippen LogP contribution in [0, 0.1) is 5.92 Å². The third-order valence-corrected chi connectivity index (χ3v) is 6.16. The number of amides is 1. The minimum atomic E-state index is -1.57. The van der Waals surface area contributed by atoms with Gasteiger partial charge in [0.15, 0.2) is 5.78 Å². The van der Waals surface area contributed by atoms with Gasteiger partial charge in [-0.25, -0.2) is 4.79 Å². The van der Waals surface area contributed by atoms with Crippen LogP contribution in [0.3, 0.4) is 0 Å². The molecule has 0 saturated heterocycles. The molecular weight excluding hydrogens is 466 g/mol. The van der Waals surface area contributed by atoms with Gasteiger partial charge in [0.25, 0.3) is 5.91 Å². The van der Waals surface area contributed by atoms with Gasteiger partial charge in [-0.1, -0.05) is 72.3 Å². The third-order valence-electron chi connectivity index (χ3n) is 5.93. The molecule has 5 rings (SSSR count). The Morgan fingerprint density at radius 1 is 0.829 bits per heavy atom. The molecule has 35 heavy (non-hydrogen) atoms. The summed E-state index contributed by atoms with van der Waals surface area (Å²) in [5.74, 6) is -4.85. The quantitative estimate of drug-likeness (QED) is 0.171. The van der Waals surface area contributed by atoms with Gasteiger partial charge in [-0.2, -0.15) is 0 Å². The highest BCUT2D eigenvalue weighted by Gasteiger charge is 2.46. The second kappa shape index (κ2) is 9.16. The Morgan fingerprint density at radius 2 is 1.57 bits per heavy atom. The molecule has 0 aromatic heterocycles. The molecule has 1 amide bonds. The molecular formula is C28H18ClNO5. The van der Waals surface area contributed by atoms with Crippen molar-refractivity contribution in [3.05, 3.63) is 113 Å². The van der Waals surface area contributed by atoms with Crippen LogP contribution in [0.1, 0.15) is 32.4 Å². The van der Waals surface area contributed by atoms with Crippen molar-refractivity contribution in [2.45, 2.75) is 6.10 Å². The number of hydrogen-bond acceptors (Lipinski definition) is 5. The fraction of sp³-hybridized carbons (Fsp3) is 0.0714. The Balaban J connectivity index is 1.54. The van der Waals surface area contributed by atoms with E-state index in [4.69, 9.17) is 16.3 Å². The number of ketones is 2. The molecule has 2 atom stereocenters. The number of rotatable bonds is 6. The summed E-state index contributed by atoms with van der Waals surface area (Å²) in [6.07, 6.45) is -1.23. The van der Waals surface area contributed by atoms with Gasteiger partial charge in [0.2, 0.25) is 5.78 Å². The lowest BCUT2D eigenvalue weighted by Gasteiger charge is -2.21. The third kappa shape index (κ3) is 4.32. The number of esters is 1. The van der Waals surface area contributed by atoms with Gasteiger partial charge in [0, 0.05) is 21.8 Å². The monoisotopic (exact) mass is 483 g/mol. The van der Waals surface area contributed by atoms with E-state index in [2.05, 4.69) is 5.32 Å². The number of ether oxygens (including phenoxy) is 1. The number of halogens is 1. The number of cyclic esters (lactones) is 1. The molecule has 0 unspecified atom stereocenters. The summed E-state index contributed by atoms with van der Waals surface area (Å²) in [4.78, 5) is 52.6. The molecule has 0 aliphatic carbocycles. The number of carbonyl (C=O) groups excluding carboxylic acids is 4. The summed E-state index contributed by atoms with van der Waals surface area (Å²) in [5.41, 5.74) is 1.19. The van der Waals surface area contributed by atoms with Gasteiger partial charge in [0.05, 0.1) is 5.56 Å². The van der Waals surface area contributed by atoms with Crippen molar-refractivity contribution in [3.63, 3.8) is 0 Å². The maximum atomic E-state index is 13.7. The van der Waals surface area contributed by atoms with E-state index in [0.717, 1.165) is 10.8 Å². The topological polar surface area (TPSA) is 89.5 Å². The first-order valence-electron chi connectivity index (χ1n) is 10.9. The first-order chi connectivity index (χ1) is 16.9. The molecule has 0 saturated carbocycles. The zero-order valence-electron chi connectivity index (χ0n) is 18.2. The Morgan fingerprint density at radius 3 is 2.37 bits per heavy atom. The minimum absolute atomic E-state index is 0.234.